The van der Waals surface area contributed by atoms with Crippen molar-refractivity contribution in [2.45, 2.75) is 26.3 Å². The Labute approximate surface area is 110 Å². The average molecular weight is 273 g/mol. The topological polar surface area (TPSA) is 41.6 Å². The minimum absolute atomic E-state index is 0. The van der Waals surface area contributed by atoms with Crippen molar-refractivity contribution in [3.05, 3.63) is 0 Å². The van der Waals surface area contributed by atoms with Gasteiger partial charge in [0.1, 0.15) is 6.04 Å². The van der Waals surface area contributed by atoms with Gasteiger partial charge < -0.3 is 10.1 Å². The lowest BCUT2D eigenvalue weighted by molar-refractivity contribution is -0.150. The first-order valence-corrected chi connectivity index (χ1v) is 5.41. The maximum atomic E-state index is 11.6. The van der Waals surface area contributed by atoms with Crippen LogP contribution in [-0.2, 0) is 9.53 Å². The highest BCUT2D eigenvalue weighted by molar-refractivity contribution is 5.85. The second kappa shape index (κ2) is 10.1. The lowest BCUT2D eigenvalue weighted by Crippen LogP contribution is -2.51. The van der Waals surface area contributed by atoms with Crippen LogP contribution in [0.4, 0.5) is 0 Å². The van der Waals surface area contributed by atoms with Gasteiger partial charge in [-0.3, -0.25) is 9.69 Å². The second-order valence-electron chi connectivity index (χ2n) is 3.46. The summed E-state index contributed by atoms with van der Waals surface area (Å²) in [5.41, 5.74) is 0. The first kappa shape index (κ1) is 18.3. The minimum atomic E-state index is -0.0723. The van der Waals surface area contributed by atoms with Crippen molar-refractivity contribution in [2.75, 3.05) is 32.8 Å². The van der Waals surface area contributed by atoms with Gasteiger partial charge in [-0.05, 0) is 13.3 Å². The molecule has 0 aromatic carbocycles. The molecule has 0 saturated carbocycles. The van der Waals surface area contributed by atoms with Crippen molar-refractivity contribution >= 4 is 30.8 Å². The average Bonchev–Trinajstić information content (AvgIpc) is 2.21. The molecule has 6 heteroatoms. The predicted molar refractivity (Wildman–Crippen MR) is 69.7 cm³/mol. The summed E-state index contributed by atoms with van der Waals surface area (Å²) in [6.45, 7) is 8.17. The Bertz CT molecular complexity index is 188. The van der Waals surface area contributed by atoms with Crippen LogP contribution < -0.4 is 5.32 Å². The highest BCUT2D eigenvalue weighted by atomic mass is 35.5. The van der Waals surface area contributed by atoms with Crippen molar-refractivity contribution in [3.63, 3.8) is 0 Å². The molecule has 1 rings (SSSR count). The molecule has 0 aliphatic carbocycles. The van der Waals surface area contributed by atoms with E-state index in [-0.39, 0.29) is 36.8 Å². The van der Waals surface area contributed by atoms with Gasteiger partial charge in [0.25, 0.3) is 0 Å². The molecule has 1 heterocycles. The molecule has 0 spiro atoms. The molecule has 1 fully saturated rings. The lowest BCUT2D eigenvalue weighted by atomic mass is 10.1. The van der Waals surface area contributed by atoms with E-state index in [1.54, 1.807) is 0 Å². The molecule has 4 nitrogen and oxygen atoms in total. The van der Waals surface area contributed by atoms with E-state index in [0.717, 1.165) is 32.6 Å². The lowest BCUT2D eigenvalue weighted by Gasteiger charge is -2.32. The third-order valence-electron chi connectivity index (χ3n) is 2.54. The van der Waals surface area contributed by atoms with Crippen LogP contribution in [0.15, 0.2) is 0 Å². The van der Waals surface area contributed by atoms with Crippen LogP contribution in [0.1, 0.15) is 20.3 Å². The standard InChI is InChI=1S/C10H20N2O2.2ClH/c1-3-9(10(13)14-4-2)12-7-5-11-6-8-12;;/h9,11H,3-8H2,1-2H3;2*1H. The van der Waals surface area contributed by atoms with E-state index < -0.39 is 0 Å². The molecular weight excluding hydrogens is 251 g/mol. The van der Waals surface area contributed by atoms with E-state index >= 15 is 0 Å². The molecule has 1 unspecified atom stereocenters. The van der Waals surface area contributed by atoms with E-state index in [9.17, 15) is 4.79 Å². The fourth-order valence-corrected chi connectivity index (χ4v) is 1.81. The Morgan fingerprint density at radius 1 is 1.31 bits per heavy atom. The number of esters is 1. The van der Waals surface area contributed by atoms with Crippen molar-refractivity contribution in [3.8, 4) is 0 Å². The molecule has 1 saturated heterocycles. The molecule has 1 aliphatic heterocycles. The maximum absolute atomic E-state index is 11.6. The molecule has 1 atom stereocenters. The number of carbonyl (C=O) groups excluding carboxylic acids is 1. The second-order valence-corrected chi connectivity index (χ2v) is 3.46. The van der Waals surface area contributed by atoms with Crippen LogP contribution in [-0.4, -0.2) is 49.7 Å². The van der Waals surface area contributed by atoms with Gasteiger partial charge >= 0.3 is 5.97 Å². The molecular formula is C10H22Cl2N2O2. The van der Waals surface area contributed by atoms with Gasteiger partial charge in [0, 0.05) is 26.2 Å². The largest absolute Gasteiger partial charge is 0.465 e. The number of halogens is 2. The van der Waals surface area contributed by atoms with Crippen LogP contribution in [0.2, 0.25) is 0 Å². The zero-order valence-electron chi connectivity index (χ0n) is 9.90. The molecule has 0 bridgehead atoms. The Kier molecular flexibility index (Phi) is 11.6. The number of hydrogen-bond donors (Lipinski definition) is 1. The summed E-state index contributed by atoms with van der Waals surface area (Å²) >= 11 is 0. The quantitative estimate of drug-likeness (QED) is 0.778. The molecule has 1 N–H and O–H groups in total. The van der Waals surface area contributed by atoms with E-state index in [0.29, 0.717) is 6.61 Å². The fourth-order valence-electron chi connectivity index (χ4n) is 1.81. The number of piperazine rings is 1. The van der Waals surface area contributed by atoms with E-state index in [2.05, 4.69) is 10.2 Å². The van der Waals surface area contributed by atoms with Crippen molar-refractivity contribution in [1.82, 2.24) is 10.2 Å². The highest BCUT2D eigenvalue weighted by Crippen LogP contribution is 2.07. The highest BCUT2D eigenvalue weighted by Gasteiger charge is 2.26. The summed E-state index contributed by atoms with van der Waals surface area (Å²) < 4.78 is 5.05. The van der Waals surface area contributed by atoms with Gasteiger partial charge in [0.05, 0.1) is 6.61 Å². The summed E-state index contributed by atoms with van der Waals surface area (Å²) in [7, 11) is 0. The van der Waals surface area contributed by atoms with E-state index in [1.165, 1.54) is 0 Å². The number of nitrogens with one attached hydrogen (secondary N) is 1. The molecule has 1 aliphatic rings. The number of nitrogens with zero attached hydrogens (tertiary/aromatic N) is 1. The predicted octanol–water partition coefficient (Wildman–Crippen LogP) is 1.08. The van der Waals surface area contributed by atoms with Crippen LogP contribution in [0, 0.1) is 0 Å². The van der Waals surface area contributed by atoms with Crippen molar-refractivity contribution in [1.29, 1.82) is 0 Å². The maximum Gasteiger partial charge on any atom is 0.323 e. The van der Waals surface area contributed by atoms with Crippen molar-refractivity contribution in [2.24, 2.45) is 0 Å². The van der Waals surface area contributed by atoms with Crippen molar-refractivity contribution < 1.29 is 9.53 Å². The zero-order valence-corrected chi connectivity index (χ0v) is 11.5. The first-order chi connectivity index (χ1) is 6.79. The summed E-state index contributed by atoms with van der Waals surface area (Å²) in [6, 6.07) is -0.0444. The van der Waals surface area contributed by atoms with Crippen LogP contribution in [0.5, 0.6) is 0 Å². The van der Waals surface area contributed by atoms with E-state index in [1.807, 2.05) is 13.8 Å². The Balaban J connectivity index is 0. The SMILES string of the molecule is CCOC(=O)C(CC)N1CCNCC1.Cl.Cl. The number of ether oxygens (including phenoxy) is 1. The molecule has 0 radical (unpaired) electrons. The first-order valence-electron chi connectivity index (χ1n) is 5.41. The Hall–Kier alpha value is -0.0300. The number of carbonyl (C=O) groups is 1. The summed E-state index contributed by atoms with van der Waals surface area (Å²) in [5, 5.41) is 3.27. The van der Waals surface area contributed by atoms with Crippen LogP contribution in [0.25, 0.3) is 0 Å². The van der Waals surface area contributed by atoms with Crippen LogP contribution >= 0.6 is 24.8 Å². The summed E-state index contributed by atoms with van der Waals surface area (Å²) in [6.07, 6.45) is 0.832. The van der Waals surface area contributed by atoms with Gasteiger partial charge in [-0.2, -0.15) is 0 Å². The van der Waals surface area contributed by atoms with Gasteiger partial charge in [0.15, 0.2) is 0 Å². The van der Waals surface area contributed by atoms with Gasteiger partial charge in [-0.15, -0.1) is 24.8 Å². The van der Waals surface area contributed by atoms with Gasteiger partial charge in [-0.1, -0.05) is 6.92 Å². The smallest absolute Gasteiger partial charge is 0.323 e. The molecule has 0 amide bonds. The van der Waals surface area contributed by atoms with Crippen LogP contribution in [0.3, 0.4) is 0 Å². The molecule has 0 aromatic heterocycles. The van der Waals surface area contributed by atoms with Gasteiger partial charge in [-0.25, -0.2) is 0 Å². The summed E-state index contributed by atoms with van der Waals surface area (Å²) in [4.78, 5) is 13.8. The van der Waals surface area contributed by atoms with Gasteiger partial charge in [0.2, 0.25) is 0 Å². The van der Waals surface area contributed by atoms with E-state index in [4.69, 9.17) is 4.74 Å². The molecule has 98 valence electrons. The fraction of sp³-hybridized carbons (Fsp3) is 0.900. The number of rotatable bonds is 4. The Morgan fingerprint density at radius 3 is 2.31 bits per heavy atom. The number of hydrogen-bond acceptors (Lipinski definition) is 4. The third kappa shape index (κ3) is 5.34. The Morgan fingerprint density at radius 2 is 1.88 bits per heavy atom. The third-order valence-corrected chi connectivity index (χ3v) is 2.54. The minimum Gasteiger partial charge on any atom is -0.465 e. The monoisotopic (exact) mass is 272 g/mol. The molecule has 16 heavy (non-hydrogen) atoms. The normalized spacial score (nSPS) is 17.9. The summed E-state index contributed by atoms with van der Waals surface area (Å²) in [5.74, 6) is -0.0723. The molecule has 0 aromatic rings. The zero-order chi connectivity index (χ0) is 10.4.